The van der Waals surface area contributed by atoms with Gasteiger partial charge in [-0.05, 0) is 55.2 Å². The Kier molecular flexibility index (Phi) is 4.74. The number of aryl methyl sites for hydroxylation is 1. The van der Waals surface area contributed by atoms with E-state index in [1.807, 2.05) is 38.1 Å². The van der Waals surface area contributed by atoms with Gasteiger partial charge in [0.25, 0.3) is 0 Å². The SMILES string of the molecule is Cc1cc(F)ccc1COc1ccccc1CC(C)N. The molecule has 0 radical (unpaired) electrons. The molecule has 0 aliphatic rings. The van der Waals surface area contributed by atoms with Crippen LogP contribution in [-0.2, 0) is 13.0 Å². The third kappa shape index (κ3) is 3.81. The summed E-state index contributed by atoms with van der Waals surface area (Å²) >= 11 is 0. The van der Waals surface area contributed by atoms with Gasteiger partial charge in [-0.25, -0.2) is 4.39 Å². The molecule has 2 aromatic rings. The highest BCUT2D eigenvalue weighted by molar-refractivity contribution is 5.34. The van der Waals surface area contributed by atoms with Crippen LogP contribution in [0.5, 0.6) is 5.75 Å². The van der Waals surface area contributed by atoms with Crippen LogP contribution in [0, 0.1) is 12.7 Å². The molecule has 0 aromatic heterocycles. The third-order valence-corrected chi connectivity index (χ3v) is 3.20. The van der Waals surface area contributed by atoms with Crippen molar-refractivity contribution in [3.05, 3.63) is 65.0 Å². The lowest BCUT2D eigenvalue weighted by molar-refractivity contribution is 0.301. The molecule has 3 heteroatoms. The highest BCUT2D eigenvalue weighted by Crippen LogP contribution is 2.21. The monoisotopic (exact) mass is 273 g/mol. The number of benzene rings is 2. The van der Waals surface area contributed by atoms with Crippen LogP contribution in [0.15, 0.2) is 42.5 Å². The minimum Gasteiger partial charge on any atom is -0.489 e. The molecule has 2 N–H and O–H groups in total. The fourth-order valence-electron chi connectivity index (χ4n) is 2.14. The number of ether oxygens (including phenoxy) is 1. The first-order valence-corrected chi connectivity index (χ1v) is 6.77. The van der Waals surface area contributed by atoms with Crippen molar-refractivity contribution in [3.8, 4) is 5.75 Å². The third-order valence-electron chi connectivity index (χ3n) is 3.20. The molecule has 0 fully saturated rings. The van der Waals surface area contributed by atoms with Crippen molar-refractivity contribution in [3.63, 3.8) is 0 Å². The van der Waals surface area contributed by atoms with E-state index in [-0.39, 0.29) is 11.9 Å². The minimum atomic E-state index is -0.219. The Labute approximate surface area is 119 Å². The van der Waals surface area contributed by atoms with Crippen LogP contribution in [0.1, 0.15) is 23.6 Å². The zero-order valence-electron chi connectivity index (χ0n) is 11.9. The molecule has 2 rings (SSSR count). The van der Waals surface area contributed by atoms with Gasteiger partial charge in [-0.1, -0.05) is 24.3 Å². The number of halogens is 1. The van der Waals surface area contributed by atoms with Crippen LogP contribution in [-0.4, -0.2) is 6.04 Å². The second-order valence-corrected chi connectivity index (χ2v) is 5.15. The molecular formula is C17H20FNO. The summed E-state index contributed by atoms with van der Waals surface area (Å²) in [7, 11) is 0. The molecule has 2 nitrogen and oxygen atoms in total. The van der Waals surface area contributed by atoms with Crippen LogP contribution in [0.2, 0.25) is 0 Å². The molecule has 0 aliphatic carbocycles. The molecule has 0 heterocycles. The molecule has 0 spiro atoms. The quantitative estimate of drug-likeness (QED) is 0.903. The average Bonchev–Trinajstić information content (AvgIpc) is 2.39. The van der Waals surface area contributed by atoms with Crippen molar-refractivity contribution in [2.45, 2.75) is 32.9 Å². The Hall–Kier alpha value is -1.87. The van der Waals surface area contributed by atoms with Gasteiger partial charge in [0.15, 0.2) is 0 Å². The molecule has 1 atom stereocenters. The first-order valence-electron chi connectivity index (χ1n) is 6.77. The van der Waals surface area contributed by atoms with Gasteiger partial charge in [0, 0.05) is 6.04 Å². The largest absolute Gasteiger partial charge is 0.489 e. The van der Waals surface area contributed by atoms with E-state index in [2.05, 4.69) is 0 Å². The van der Waals surface area contributed by atoms with E-state index >= 15 is 0 Å². The lowest BCUT2D eigenvalue weighted by Gasteiger charge is -2.14. The summed E-state index contributed by atoms with van der Waals surface area (Å²) in [4.78, 5) is 0. The molecule has 106 valence electrons. The van der Waals surface area contributed by atoms with Gasteiger partial charge in [-0.15, -0.1) is 0 Å². The zero-order valence-corrected chi connectivity index (χ0v) is 11.9. The van der Waals surface area contributed by atoms with E-state index in [4.69, 9.17) is 10.5 Å². The van der Waals surface area contributed by atoms with Gasteiger partial charge in [-0.3, -0.25) is 0 Å². The predicted octanol–water partition coefficient (Wildman–Crippen LogP) is 3.60. The molecule has 20 heavy (non-hydrogen) atoms. The second-order valence-electron chi connectivity index (χ2n) is 5.15. The van der Waals surface area contributed by atoms with Crippen molar-refractivity contribution in [2.75, 3.05) is 0 Å². The van der Waals surface area contributed by atoms with Gasteiger partial charge < -0.3 is 10.5 Å². The minimum absolute atomic E-state index is 0.0901. The molecule has 0 amide bonds. The molecule has 0 saturated carbocycles. The Morgan fingerprint density at radius 1 is 1.15 bits per heavy atom. The summed E-state index contributed by atoms with van der Waals surface area (Å²) in [5.41, 5.74) is 8.83. The van der Waals surface area contributed by atoms with Gasteiger partial charge in [-0.2, -0.15) is 0 Å². The molecule has 1 unspecified atom stereocenters. The Balaban J connectivity index is 2.10. The van der Waals surface area contributed by atoms with Crippen LogP contribution < -0.4 is 10.5 Å². The zero-order chi connectivity index (χ0) is 14.5. The molecule has 2 aromatic carbocycles. The van der Waals surface area contributed by atoms with Gasteiger partial charge in [0.2, 0.25) is 0 Å². The summed E-state index contributed by atoms with van der Waals surface area (Å²) < 4.78 is 18.9. The normalized spacial score (nSPS) is 12.2. The van der Waals surface area contributed by atoms with Crippen molar-refractivity contribution < 1.29 is 9.13 Å². The van der Waals surface area contributed by atoms with E-state index in [1.54, 1.807) is 6.07 Å². The summed E-state index contributed by atoms with van der Waals surface area (Å²) in [5, 5.41) is 0. The molecular weight excluding hydrogens is 253 g/mol. The number of nitrogens with two attached hydrogens (primary N) is 1. The highest BCUT2D eigenvalue weighted by Gasteiger charge is 2.07. The number of hydrogen-bond acceptors (Lipinski definition) is 2. The van der Waals surface area contributed by atoms with Crippen LogP contribution in [0.25, 0.3) is 0 Å². The van der Waals surface area contributed by atoms with E-state index in [0.717, 1.165) is 28.9 Å². The summed E-state index contributed by atoms with van der Waals surface area (Å²) in [6.07, 6.45) is 0.776. The Morgan fingerprint density at radius 3 is 2.60 bits per heavy atom. The van der Waals surface area contributed by atoms with E-state index in [0.29, 0.717) is 6.61 Å². The van der Waals surface area contributed by atoms with Crippen molar-refractivity contribution in [1.29, 1.82) is 0 Å². The Morgan fingerprint density at radius 2 is 1.90 bits per heavy atom. The van der Waals surface area contributed by atoms with E-state index in [9.17, 15) is 4.39 Å². The van der Waals surface area contributed by atoms with Gasteiger partial charge >= 0.3 is 0 Å². The fourth-order valence-corrected chi connectivity index (χ4v) is 2.14. The Bertz CT molecular complexity index is 581. The predicted molar refractivity (Wildman–Crippen MR) is 79.3 cm³/mol. The number of rotatable bonds is 5. The molecule has 0 saturated heterocycles. The summed E-state index contributed by atoms with van der Waals surface area (Å²) in [5.74, 6) is 0.622. The first kappa shape index (κ1) is 14.5. The van der Waals surface area contributed by atoms with E-state index < -0.39 is 0 Å². The van der Waals surface area contributed by atoms with Crippen LogP contribution in [0.3, 0.4) is 0 Å². The smallest absolute Gasteiger partial charge is 0.123 e. The summed E-state index contributed by atoms with van der Waals surface area (Å²) in [6, 6.07) is 12.7. The molecule has 0 aliphatic heterocycles. The van der Waals surface area contributed by atoms with Gasteiger partial charge in [0.1, 0.15) is 18.2 Å². The van der Waals surface area contributed by atoms with Gasteiger partial charge in [0.05, 0.1) is 0 Å². The summed E-state index contributed by atoms with van der Waals surface area (Å²) in [6.45, 7) is 4.29. The first-order chi connectivity index (χ1) is 9.56. The van der Waals surface area contributed by atoms with E-state index in [1.165, 1.54) is 12.1 Å². The van der Waals surface area contributed by atoms with Crippen molar-refractivity contribution >= 4 is 0 Å². The molecule has 0 bridgehead atoms. The lowest BCUT2D eigenvalue weighted by Crippen LogP contribution is -2.18. The maximum Gasteiger partial charge on any atom is 0.123 e. The maximum absolute atomic E-state index is 13.1. The topological polar surface area (TPSA) is 35.2 Å². The standard InChI is InChI=1S/C17H20FNO/c1-12-9-16(18)8-7-15(12)11-20-17-6-4-3-5-14(17)10-13(2)19/h3-9,13H,10-11,19H2,1-2H3. The lowest BCUT2D eigenvalue weighted by atomic mass is 10.1. The number of para-hydroxylation sites is 1. The highest BCUT2D eigenvalue weighted by atomic mass is 19.1. The average molecular weight is 273 g/mol. The van der Waals surface area contributed by atoms with Crippen LogP contribution in [0.4, 0.5) is 4.39 Å². The van der Waals surface area contributed by atoms with Crippen LogP contribution >= 0.6 is 0 Å². The van der Waals surface area contributed by atoms with Crippen molar-refractivity contribution in [2.24, 2.45) is 5.73 Å². The second kappa shape index (κ2) is 6.53. The number of hydrogen-bond donors (Lipinski definition) is 1. The van der Waals surface area contributed by atoms with Crippen molar-refractivity contribution in [1.82, 2.24) is 0 Å². The fraction of sp³-hybridized carbons (Fsp3) is 0.294. The maximum atomic E-state index is 13.1.